The zero-order chi connectivity index (χ0) is 14.8. The van der Waals surface area contributed by atoms with Crippen LogP contribution in [-0.2, 0) is 14.8 Å². The number of carboxylic acids is 1. The van der Waals surface area contributed by atoms with E-state index in [4.69, 9.17) is 28.3 Å². The van der Waals surface area contributed by atoms with E-state index in [1.54, 1.807) is 6.92 Å². The Morgan fingerprint density at radius 1 is 1.53 bits per heavy atom. The Bertz CT molecular complexity index is 570. The van der Waals surface area contributed by atoms with Crippen LogP contribution in [0.5, 0.6) is 0 Å². The van der Waals surface area contributed by atoms with Crippen molar-refractivity contribution in [3.05, 3.63) is 14.7 Å². The minimum Gasteiger partial charge on any atom is -0.481 e. The largest absolute Gasteiger partial charge is 0.481 e. The Labute approximate surface area is 125 Å². The molecule has 0 fully saturated rings. The van der Waals surface area contributed by atoms with Gasteiger partial charge < -0.3 is 5.11 Å². The smallest absolute Gasteiger partial charge is 0.304 e. The van der Waals surface area contributed by atoms with Gasteiger partial charge in [-0.3, -0.25) is 4.79 Å². The van der Waals surface area contributed by atoms with Crippen LogP contribution in [0.1, 0.15) is 20.3 Å². The Morgan fingerprint density at radius 2 is 2.11 bits per heavy atom. The van der Waals surface area contributed by atoms with Crippen molar-refractivity contribution < 1.29 is 18.3 Å². The monoisotopic (exact) mass is 345 g/mol. The van der Waals surface area contributed by atoms with Crippen LogP contribution in [0.3, 0.4) is 0 Å². The number of carboxylic acid groups (broad SMARTS) is 1. The topological polar surface area (TPSA) is 74.7 Å². The van der Waals surface area contributed by atoms with Gasteiger partial charge in [0.15, 0.2) is 0 Å². The van der Waals surface area contributed by atoms with E-state index < -0.39 is 22.0 Å². The molecule has 0 saturated heterocycles. The summed E-state index contributed by atoms with van der Waals surface area (Å²) in [5.41, 5.74) is 0. The molecule has 1 rings (SSSR count). The molecular weight excluding hydrogens is 333 g/mol. The average Bonchev–Trinajstić information content (AvgIpc) is 2.57. The number of carbonyl (C=O) groups is 1. The van der Waals surface area contributed by atoms with Gasteiger partial charge >= 0.3 is 5.97 Å². The Morgan fingerprint density at radius 3 is 2.47 bits per heavy atom. The van der Waals surface area contributed by atoms with Crippen molar-refractivity contribution in [2.75, 3.05) is 6.54 Å². The van der Waals surface area contributed by atoms with Crippen LogP contribution in [0, 0.1) is 0 Å². The summed E-state index contributed by atoms with van der Waals surface area (Å²) >= 11 is 12.6. The second-order valence-electron chi connectivity index (χ2n) is 3.84. The summed E-state index contributed by atoms with van der Waals surface area (Å²) in [6.45, 7) is 3.33. The lowest BCUT2D eigenvalue weighted by Gasteiger charge is -2.25. The maximum absolute atomic E-state index is 12.4. The van der Waals surface area contributed by atoms with Crippen LogP contribution in [0.15, 0.2) is 11.0 Å². The first-order valence-corrected chi connectivity index (χ1v) is 8.39. The van der Waals surface area contributed by atoms with Gasteiger partial charge in [-0.2, -0.15) is 4.31 Å². The van der Waals surface area contributed by atoms with Crippen molar-refractivity contribution in [3.8, 4) is 0 Å². The molecule has 0 saturated carbocycles. The van der Waals surface area contributed by atoms with E-state index in [1.165, 1.54) is 13.0 Å². The molecular formula is C10H13Cl2NO4S2. The molecule has 1 N–H and O–H groups in total. The van der Waals surface area contributed by atoms with E-state index in [2.05, 4.69) is 0 Å². The number of rotatable bonds is 6. The summed E-state index contributed by atoms with van der Waals surface area (Å²) < 4.78 is 26.3. The van der Waals surface area contributed by atoms with E-state index in [-0.39, 0.29) is 26.5 Å². The number of sulfonamides is 1. The van der Waals surface area contributed by atoms with Gasteiger partial charge in [0.05, 0.1) is 10.8 Å². The molecule has 1 aromatic rings. The second kappa shape index (κ2) is 6.41. The third-order valence-corrected chi connectivity index (χ3v) is 6.33. The number of aliphatic carboxylic acids is 1. The summed E-state index contributed by atoms with van der Waals surface area (Å²) in [6, 6.07) is 0.613. The van der Waals surface area contributed by atoms with Crippen LogP contribution in [0.4, 0.5) is 0 Å². The van der Waals surface area contributed by atoms with Gasteiger partial charge in [0.25, 0.3) is 0 Å². The van der Waals surface area contributed by atoms with Crippen LogP contribution >= 0.6 is 34.5 Å². The highest BCUT2D eigenvalue weighted by atomic mass is 35.5. The molecule has 108 valence electrons. The van der Waals surface area contributed by atoms with Crippen LogP contribution in [0.2, 0.25) is 8.67 Å². The fourth-order valence-corrected chi connectivity index (χ4v) is 5.45. The van der Waals surface area contributed by atoms with Gasteiger partial charge in [-0.05, 0) is 13.0 Å². The zero-order valence-electron chi connectivity index (χ0n) is 10.3. The molecule has 1 heterocycles. The van der Waals surface area contributed by atoms with Gasteiger partial charge in [-0.25, -0.2) is 8.42 Å². The summed E-state index contributed by atoms with van der Waals surface area (Å²) in [6.07, 6.45) is -0.275. The summed E-state index contributed by atoms with van der Waals surface area (Å²) in [7, 11) is -3.84. The average molecular weight is 346 g/mol. The fraction of sp³-hybridized carbons (Fsp3) is 0.500. The first-order valence-electron chi connectivity index (χ1n) is 5.38. The lowest BCUT2D eigenvalue weighted by molar-refractivity contribution is -0.137. The quantitative estimate of drug-likeness (QED) is 0.859. The maximum atomic E-state index is 12.4. The minimum absolute atomic E-state index is 0.0750. The number of halogens is 2. The second-order valence-corrected chi connectivity index (χ2v) is 7.99. The van der Waals surface area contributed by atoms with E-state index in [0.29, 0.717) is 0 Å². The third-order valence-electron chi connectivity index (χ3n) is 2.49. The van der Waals surface area contributed by atoms with Gasteiger partial charge in [0.1, 0.15) is 9.23 Å². The summed E-state index contributed by atoms with van der Waals surface area (Å²) in [5, 5.41) is 8.76. The van der Waals surface area contributed by atoms with Crippen LogP contribution < -0.4 is 0 Å². The summed E-state index contributed by atoms with van der Waals surface area (Å²) in [5.74, 6) is -1.06. The van der Waals surface area contributed by atoms with Crippen LogP contribution in [-0.4, -0.2) is 36.4 Å². The van der Waals surface area contributed by atoms with Gasteiger partial charge in [0.2, 0.25) is 10.0 Å². The number of thiophene rings is 1. The van der Waals surface area contributed by atoms with E-state index in [9.17, 15) is 13.2 Å². The molecule has 0 bridgehead atoms. The van der Waals surface area contributed by atoms with Crippen molar-refractivity contribution >= 4 is 50.5 Å². The first kappa shape index (κ1) is 16.7. The molecule has 1 atom stereocenters. The molecule has 19 heavy (non-hydrogen) atoms. The van der Waals surface area contributed by atoms with Gasteiger partial charge in [0, 0.05) is 12.6 Å². The lowest BCUT2D eigenvalue weighted by atomic mass is 10.2. The van der Waals surface area contributed by atoms with E-state index in [0.717, 1.165) is 15.6 Å². The molecule has 0 radical (unpaired) electrons. The Kier molecular flexibility index (Phi) is 5.64. The molecule has 9 heteroatoms. The Hall–Kier alpha value is -0.340. The predicted molar refractivity (Wildman–Crippen MR) is 75.6 cm³/mol. The Balaban J connectivity index is 3.16. The summed E-state index contributed by atoms with van der Waals surface area (Å²) in [4.78, 5) is 10.6. The number of hydrogen-bond acceptors (Lipinski definition) is 4. The minimum atomic E-state index is -3.84. The highest BCUT2D eigenvalue weighted by Gasteiger charge is 2.31. The lowest BCUT2D eigenvalue weighted by Crippen LogP contribution is -2.39. The third kappa shape index (κ3) is 3.82. The van der Waals surface area contributed by atoms with Crippen LogP contribution in [0.25, 0.3) is 0 Å². The van der Waals surface area contributed by atoms with Gasteiger partial charge in [-0.15, -0.1) is 11.3 Å². The normalized spacial score (nSPS) is 13.7. The number of nitrogens with zero attached hydrogens (tertiary/aromatic N) is 1. The molecule has 0 aliphatic heterocycles. The molecule has 0 spiro atoms. The first-order chi connectivity index (χ1) is 8.70. The molecule has 0 amide bonds. The highest BCUT2D eigenvalue weighted by Crippen LogP contribution is 2.36. The maximum Gasteiger partial charge on any atom is 0.304 e. The molecule has 0 aliphatic rings. The fourth-order valence-electron chi connectivity index (χ4n) is 1.70. The standard InChI is InChI=1S/C10H13Cl2NO4S2/c1-3-13(6(2)4-9(14)15)19(16,17)7-5-8(11)18-10(7)12/h5-6H,3-4H2,1-2H3,(H,14,15). The SMILES string of the molecule is CCN(C(C)CC(=O)O)S(=O)(=O)c1cc(Cl)sc1Cl. The van der Waals surface area contributed by atoms with Crippen molar-refractivity contribution in [1.82, 2.24) is 4.31 Å². The molecule has 1 aromatic heterocycles. The molecule has 5 nitrogen and oxygen atoms in total. The van der Waals surface area contributed by atoms with Crippen molar-refractivity contribution in [3.63, 3.8) is 0 Å². The van der Waals surface area contributed by atoms with Crippen molar-refractivity contribution in [1.29, 1.82) is 0 Å². The van der Waals surface area contributed by atoms with Crippen molar-refractivity contribution in [2.24, 2.45) is 0 Å². The highest BCUT2D eigenvalue weighted by molar-refractivity contribution is 7.89. The van der Waals surface area contributed by atoms with E-state index >= 15 is 0 Å². The molecule has 0 aromatic carbocycles. The predicted octanol–water partition coefficient (Wildman–Crippen LogP) is 2.93. The molecule has 0 aliphatic carbocycles. The molecule has 1 unspecified atom stereocenters. The van der Waals surface area contributed by atoms with Gasteiger partial charge in [-0.1, -0.05) is 30.1 Å². The zero-order valence-corrected chi connectivity index (χ0v) is 13.4. The number of hydrogen-bond donors (Lipinski definition) is 1. The van der Waals surface area contributed by atoms with E-state index in [1.807, 2.05) is 0 Å². The van der Waals surface area contributed by atoms with Crippen molar-refractivity contribution in [2.45, 2.75) is 31.2 Å².